The molecule has 2 aromatic rings. The minimum absolute atomic E-state index is 0.187. The van der Waals surface area contributed by atoms with E-state index in [1.807, 2.05) is 13.0 Å². The van der Waals surface area contributed by atoms with E-state index in [4.69, 9.17) is 4.74 Å². The number of ether oxygens (including phenoxy) is 1. The van der Waals surface area contributed by atoms with Crippen LogP contribution in [0.5, 0.6) is 0 Å². The van der Waals surface area contributed by atoms with Gasteiger partial charge in [0.15, 0.2) is 0 Å². The van der Waals surface area contributed by atoms with Crippen molar-refractivity contribution in [1.29, 1.82) is 0 Å². The molecule has 0 aromatic heterocycles. The molecule has 1 unspecified atom stereocenters. The summed E-state index contributed by atoms with van der Waals surface area (Å²) in [6.07, 6.45) is -0.187. The molecule has 0 fully saturated rings. The van der Waals surface area contributed by atoms with Crippen molar-refractivity contribution in [1.82, 2.24) is 0 Å². The molecule has 0 N–H and O–H groups in total. The third-order valence-electron chi connectivity index (χ3n) is 2.83. The van der Waals surface area contributed by atoms with Crippen LogP contribution in [-0.4, -0.2) is 16.2 Å². The highest BCUT2D eigenvalue weighted by molar-refractivity contribution is 6.33. The third-order valence-corrected chi connectivity index (χ3v) is 3.45. The molecule has 88 valence electrons. The van der Waals surface area contributed by atoms with Gasteiger partial charge < -0.3 is 4.74 Å². The van der Waals surface area contributed by atoms with Crippen molar-refractivity contribution >= 4 is 32.2 Å². The summed E-state index contributed by atoms with van der Waals surface area (Å²) in [4.78, 5) is 10.9. The summed E-state index contributed by atoms with van der Waals surface area (Å²) in [5.74, 6) is -0.243. The van der Waals surface area contributed by atoms with Gasteiger partial charge in [-0.2, -0.15) is 0 Å². The first-order valence-electron chi connectivity index (χ1n) is 5.74. The van der Waals surface area contributed by atoms with E-state index < -0.39 is 0 Å². The van der Waals surface area contributed by atoms with Gasteiger partial charge >= 0.3 is 5.97 Å². The van der Waals surface area contributed by atoms with Crippen molar-refractivity contribution in [3.63, 3.8) is 0 Å². The van der Waals surface area contributed by atoms with E-state index in [-0.39, 0.29) is 12.1 Å². The van der Waals surface area contributed by atoms with Crippen molar-refractivity contribution in [2.45, 2.75) is 20.0 Å². The van der Waals surface area contributed by atoms with Crippen LogP contribution in [0.25, 0.3) is 10.8 Å². The molecule has 17 heavy (non-hydrogen) atoms. The maximum absolute atomic E-state index is 10.9. The zero-order chi connectivity index (χ0) is 12.4. The Labute approximate surface area is 104 Å². The largest absolute Gasteiger partial charge is 0.458 e. The highest BCUT2D eigenvalue weighted by Gasteiger charge is 2.08. The maximum atomic E-state index is 10.9. The smallest absolute Gasteiger partial charge is 0.303 e. The normalized spacial score (nSPS) is 12.6. The molecule has 0 amide bonds. The van der Waals surface area contributed by atoms with E-state index in [1.165, 1.54) is 22.9 Å². The predicted octanol–water partition coefficient (Wildman–Crippen LogP) is 1.45. The minimum Gasteiger partial charge on any atom is -0.458 e. The summed E-state index contributed by atoms with van der Waals surface area (Å²) < 4.78 is 5.18. The lowest BCUT2D eigenvalue weighted by Gasteiger charge is -2.13. The second-order valence-electron chi connectivity index (χ2n) is 4.36. The Bertz CT molecular complexity index is 563. The maximum Gasteiger partial charge on any atom is 0.303 e. The van der Waals surface area contributed by atoms with Gasteiger partial charge in [-0.15, -0.1) is 0 Å². The molecule has 2 nitrogen and oxygen atoms in total. The van der Waals surface area contributed by atoms with Crippen molar-refractivity contribution in [2.75, 3.05) is 0 Å². The van der Waals surface area contributed by atoms with Crippen molar-refractivity contribution in [3.05, 3.63) is 42.0 Å². The second-order valence-corrected chi connectivity index (χ2v) is 5.52. The number of hydrogen-bond donors (Lipinski definition) is 0. The monoisotopic (exact) mass is 244 g/mol. The molecule has 3 heteroatoms. The third kappa shape index (κ3) is 2.74. The van der Waals surface area contributed by atoms with Gasteiger partial charge in [0.25, 0.3) is 0 Å². The Hall–Kier alpha value is -1.61. The lowest BCUT2D eigenvalue weighted by Crippen LogP contribution is -2.05. The van der Waals surface area contributed by atoms with E-state index >= 15 is 0 Å². The topological polar surface area (TPSA) is 26.3 Å². The van der Waals surface area contributed by atoms with E-state index in [2.05, 4.69) is 30.3 Å². The van der Waals surface area contributed by atoms with Gasteiger partial charge in [0.1, 0.15) is 6.10 Å². The van der Waals surface area contributed by atoms with E-state index in [9.17, 15) is 4.79 Å². The number of hydrogen-bond acceptors (Lipinski definition) is 2. The molecule has 0 saturated carbocycles. The summed E-state index contributed by atoms with van der Waals surface area (Å²) in [6, 6.07) is 12.7. The van der Waals surface area contributed by atoms with E-state index in [1.54, 1.807) is 0 Å². The van der Waals surface area contributed by atoms with Crippen molar-refractivity contribution in [2.24, 2.45) is 0 Å². The summed E-state index contributed by atoms with van der Waals surface area (Å²) in [7, 11) is 1.07. The molecule has 1 atom stereocenters. The highest BCUT2D eigenvalue weighted by atomic mass is 28.1. The lowest BCUT2D eigenvalue weighted by molar-refractivity contribution is -0.145. The summed E-state index contributed by atoms with van der Waals surface area (Å²) >= 11 is 0. The molecule has 0 radical (unpaired) electrons. The van der Waals surface area contributed by atoms with Gasteiger partial charge in [0.05, 0.1) is 0 Å². The van der Waals surface area contributed by atoms with Gasteiger partial charge in [0.2, 0.25) is 0 Å². The quantitative estimate of drug-likeness (QED) is 0.590. The first-order chi connectivity index (χ1) is 8.06. The Kier molecular flexibility index (Phi) is 3.29. The second kappa shape index (κ2) is 4.71. The number of fused-ring (bicyclic) bond motifs is 1. The zero-order valence-electron chi connectivity index (χ0n) is 10.4. The summed E-state index contributed by atoms with van der Waals surface area (Å²) in [5.41, 5.74) is 1.04. The van der Waals surface area contributed by atoms with Crippen molar-refractivity contribution in [3.8, 4) is 0 Å². The lowest BCUT2D eigenvalue weighted by atomic mass is 10.0. The summed E-state index contributed by atoms with van der Waals surface area (Å²) in [6.45, 7) is 3.33. The average molecular weight is 244 g/mol. The van der Waals surface area contributed by atoms with E-state index in [0.717, 1.165) is 15.8 Å². The minimum atomic E-state index is -0.243. The Morgan fingerprint density at radius 1 is 1.18 bits per heavy atom. The first-order valence-corrected chi connectivity index (χ1v) is 6.74. The number of carbonyl (C=O) groups is 1. The Morgan fingerprint density at radius 2 is 1.82 bits per heavy atom. The van der Waals surface area contributed by atoms with Crippen LogP contribution >= 0.6 is 0 Å². The van der Waals surface area contributed by atoms with Gasteiger partial charge in [0, 0.05) is 17.2 Å². The van der Waals surface area contributed by atoms with Crippen LogP contribution in [0.1, 0.15) is 25.5 Å². The fourth-order valence-electron chi connectivity index (χ4n) is 1.95. The molecule has 0 aliphatic rings. The van der Waals surface area contributed by atoms with Gasteiger partial charge in [-0.1, -0.05) is 35.5 Å². The molecule has 0 aliphatic carbocycles. The Balaban J connectivity index is 2.37. The van der Waals surface area contributed by atoms with Gasteiger partial charge in [-0.25, -0.2) is 0 Å². The van der Waals surface area contributed by atoms with Gasteiger partial charge in [-0.3, -0.25) is 4.79 Å². The molecule has 0 saturated heterocycles. The molecule has 2 rings (SSSR count). The fraction of sp³-hybridized carbons (Fsp3) is 0.214. The van der Waals surface area contributed by atoms with Crippen LogP contribution in [0.15, 0.2) is 36.4 Å². The van der Waals surface area contributed by atoms with E-state index in [0.29, 0.717) is 0 Å². The molecule has 0 spiro atoms. The molecule has 0 aliphatic heterocycles. The van der Waals surface area contributed by atoms with Crippen molar-refractivity contribution < 1.29 is 9.53 Å². The SMILES string of the molecule is CC(=O)OC(C)c1ccc2cc([SiH3])ccc2c1. The predicted molar refractivity (Wildman–Crippen MR) is 73.7 cm³/mol. The molecular weight excluding hydrogens is 228 g/mol. The van der Waals surface area contributed by atoms with Crippen LogP contribution in [0.2, 0.25) is 0 Å². The number of carbonyl (C=O) groups excluding carboxylic acids is 1. The van der Waals surface area contributed by atoms with Crippen LogP contribution in [0.4, 0.5) is 0 Å². The zero-order valence-corrected chi connectivity index (χ0v) is 12.4. The first kappa shape index (κ1) is 11.9. The van der Waals surface area contributed by atoms with Gasteiger partial charge in [-0.05, 0) is 29.3 Å². The number of rotatable bonds is 2. The highest BCUT2D eigenvalue weighted by Crippen LogP contribution is 2.22. The number of benzene rings is 2. The summed E-state index contributed by atoms with van der Waals surface area (Å²) in [5, 5.41) is 3.83. The van der Waals surface area contributed by atoms with Crippen LogP contribution < -0.4 is 5.19 Å². The molecule has 2 aromatic carbocycles. The Morgan fingerprint density at radius 3 is 2.53 bits per heavy atom. The average Bonchev–Trinajstić information content (AvgIpc) is 2.27. The van der Waals surface area contributed by atoms with Crippen LogP contribution in [0.3, 0.4) is 0 Å². The molecule has 0 heterocycles. The number of esters is 1. The fourth-order valence-corrected chi connectivity index (χ4v) is 2.43. The van der Waals surface area contributed by atoms with Crippen LogP contribution in [-0.2, 0) is 9.53 Å². The standard InChI is InChI=1S/C14H16O2Si/c1-9(16-10(2)15)11-3-4-13-8-14(17)6-5-12(13)7-11/h3-9H,1-2,17H3. The molecular formula is C14H16O2Si. The van der Waals surface area contributed by atoms with Crippen LogP contribution in [0, 0.1) is 0 Å². The molecule has 0 bridgehead atoms.